The summed E-state index contributed by atoms with van der Waals surface area (Å²) in [5.41, 5.74) is 2.48. The molecule has 0 aliphatic rings. The largest absolute Gasteiger partial charge is 0.377 e. The Kier molecular flexibility index (Phi) is 4.32. The van der Waals surface area contributed by atoms with E-state index in [1.54, 1.807) is 29.5 Å². The number of nitrogens with zero attached hydrogens (tertiary/aromatic N) is 2. The van der Waals surface area contributed by atoms with Crippen LogP contribution in [0.25, 0.3) is 0 Å². The number of nitriles is 1. The first kappa shape index (κ1) is 14.8. The van der Waals surface area contributed by atoms with Gasteiger partial charge >= 0.3 is 0 Å². The maximum atomic E-state index is 9.07. The number of rotatable bonds is 3. The van der Waals surface area contributed by atoms with E-state index in [0.717, 1.165) is 16.4 Å². The molecule has 1 aromatic heterocycles. The number of anilines is 1. The van der Waals surface area contributed by atoms with Gasteiger partial charge in [-0.25, -0.2) is 4.98 Å². The Morgan fingerprint density at radius 1 is 1.40 bits per heavy atom. The summed E-state index contributed by atoms with van der Waals surface area (Å²) in [4.78, 5) is 4.61. The molecule has 1 heterocycles. The summed E-state index contributed by atoms with van der Waals surface area (Å²) < 4.78 is 0. The minimum absolute atomic E-state index is 0.0582. The maximum absolute atomic E-state index is 9.07. The third-order valence-electron chi connectivity index (χ3n) is 2.85. The second-order valence-corrected chi connectivity index (χ2v) is 6.91. The second kappa shape index (κ2) is 5.82. The molecule has 0 spiro atoms. The molecule has 20 heavy (non-hydrogen) atoms. The van der Waals surface area contributed by atoms with Crippen LogP contribution in [-0.4, -0.2) is 4.98 Å². The van der Waals surface area contributed by atoms with Crippen molar-refractivity contribution in [1.29, 1.82) is 5.26 Å². The fourth-order valence-electron chi connectivity index (χ4n) is 1.67. The van der Waals surface area contributed by atoms with Gasteiger partial charge in [-0.2, -0.15) is 5.26 Å². The highest BCUT2D eigenvalue weighted by atomic mass is 35.5. The molecule has 0 radical (unpaired) electrons. The quantitative estimate of drug-likeness (QED) is 0.903. The molecule has 0 saturated heterocycles. The average molecular weight is 306 g/mol. The van der Waals surface area contributed by atoms with Crippen LogP contribution in [0.15, 0.2) is 23.6 Å². The van der Waals surface area contributed by atoms with Crippen molar-refractivity contribution in [2.45, 2.75) is 32.7 Å². The summed E-state index contributed by atoms with van der Waals surface area (Å²) in [6, 6.07) is 7.34. The molecule has 0 unspecified atom stereocenters. The topological polar surface area (TPSA) is 48.7 Å². The molecule has 3 nitrogen and oxygen atoms in total. The van der Waals surface area contributed by atoms with Crippen LogP contribution in [0.4, 0.5) is 5.69 Å². The zero-order valence-corrected chi connectivity index (χ0v) is 13.3. The van der Waals surface area contributed by atoms with E-state index in [2.05, 4.69) is 42.5 Å². The lowest BCUT2D eigenvalue weighted by atomic mass is 9.93. The molecule has 2 rings (SSSR count). The monoisotopic (exact) mass is 305 g/mol. The molecule has 1 aromatic carbocycles. The van der Waals surface area contributed by atoms with E-state index >= 15 is 0 Å². The van der Waals surface area contributed by atoms with E-state index in [-0.39, 0.29) is 5.41 Å². The Hall–Kier alpha value is -1.57. The molecule has 1 N–H and O–H groups in total. The van der Waals surface area contributed by atoms with Gasteiger partial charge in [0, 0.05) is 15.8 Å². The van der Waals surface area contributed by atoms with Crippen molar-refractivity contribution >= 4 is 28.6 Å². The van der Waals surface area contributed by atoms with Gasteiger partial charge in [0.15, 0.2) is 0 Å². The highest BCUT2D eigenvalue weighted by Gasteiger charge is 2.17. The first-order chi connectivity index (χ1) is 9.40. The number of benzene rings is 1. The number of nitrogens with one attached hydrogen (secondary N) is 1. The van der Waals surface area contributed by atoms with Crippen LogP contribution in [0.1, 0.15) is 37.0 Å². The van der Waals surface area contributed by atoms with Gasteiger partial charge < -0.3 is 5.32 Å². The van der Waals surface area contributed by atoms with E-state index in [0.29, 0.717) is 17.1 Å². The Morgan fingerprint density at radius 2 is 2.15 bits per heavy atom. The van der Waals surface area contributed by atoms with Gasteiger partial charge in [0.1, 0.15) is 11.1 Å². The van der Waals surface area contributed by atoms with Gasteiger partial charge in [-0.3, -0.25) is 0 Å². The molecular formula is C15H16ClN3S. The van der Waals surface area contributed by atoms with Crippen LogP contribution in [-0.2, 0) is 12.0 Å². The van der Waals surface area contributed by atoms with E-state index in [4.69, 9.17) is 16.9 Å². The summed E-state index contributed by atoms with van der Waals surface area (Å²) in [6.07, 6.45) is 0. The molecule has 104 valence electrons. The van der Waals surface area contributed by atoms with Crippen molar-refractivity contribution in [3.63, 3.8) is 0 Å². The zero-order valence-electron chi connectivity index (χ0n) is 11.7. The maximum Gasteiger partial charge on any atom is 0.112 e. The number of hydrogen-bond acceptors (Lipinski definition) is 4. The minimum Gasteiger partial charge on any atom is -0.377 e. The van der Waals surface area contributed by atoms with Gasteiger partial charge in [0.05, 0.1) is 23.5 Å². The number of halogens is 1. The predicted molar refractivity (Wildman–Crippen MR) is 84.3 cm³/mol. The van der Waals surface area contributed by atoms with Crippen LogP contribution in [0.3, 0.4) is 0 Å². The summed E-state index contributed by atoms with van der Waals surface area (Å²) in [7, 11) is 0. The first-order valence-corrected chi connectivity index (χ1v) is 7.54. The Bertz CT molecular complexity index is 650. The van der Waals surface area contributed by atoms with E-state index in [1.807, 2.05) is 0 Å². The Morgan fingerprint density at radius 3 is 2.75 bits per heavy atom. The SMILES string of the molecule is CC(C)(C)c1csc(CNc2cc(Cl)ccc2C#N)n1. The van der Waals surface area contributed by atoms with Crippen molar-refractivity contribution < 1.29 is 0 Å². The smallest absolute Gasteiger partial charge is 0.112 e. The summed E-state index contributed by atoms with van der Waals surface area (Å²) >= 11 is 7.58. The third-order valence-corrected chi connectivity index (χ3v) is 3.94. The molecule has 0 atom stereocenters. The zero-order chi connectivity index (χ0) is 14.8. The Balaban J connectivity index is 2.12. The van der Waals surface area contributed by atoms with Crippen molar-refractivity contribution in [2.24, 2.45) is 0 Å². The molecule has 0 bridgehead atoms. The lowest BCUT2D eigenvalue weighted by molar-refractivity contribution is 0.571. The first-order valence-electron chi connectivity index (χ1n) is 6.28. The fourth-order valence-corrected chi connectivity index (χ4v) is 2.80. The number of aromatic nitrogens is 1. The van der Waals surface area contributed by atoms with Crippen molar-refractivity contribution in [1.82, 2.24) is 4.98 Å². The number of hydrogen-bond donors (Lipinski definition) is 1. The van der Waals surface area contributed by atoms with Crippen LogP contribution in [0.5, 0.6) is 0 Å². The van der Waals surface area contributed by atoms with E-state index in [1.165, 1.54) is 0 Å². The molecular weight excluding hydrogens is 290 g/mol. The van der Waals surface area contributed by atoms with Crippen molar-refractivity contribution in [3.05, 3.63) is 44.9 Å². The van der Waals surface area contributed by atoms with Gasteiger partial charge in [-0.05, 0) is 18.2 Å². The lowest BCUT2D eigenvalue weighted by Gasteiger charge is -2.14. The number of thiazole rings is 1. The summed E-state index contributed by atoms with van der Waals surface area (Å²) in [5.74, 6) is 0. The van der Waals surface area contributed by atoms with Gasteiger partial charge in [-0.1, -0.05) is 32.4 Å². The third kappa shape index (κ3) is 3.50. The predicted octanol–water partition coefficient (Wildman–Crippen LogP) is 4.58. The normalized spacial score (nSPS) is 11.2. The lowest BCUT2D eigenvalue weighted by Crippen LogP contribution is -2.12. The molecule has 0 aliphatic carbocycles. The molecule has 2 aromatic rings. The van der Waals surface area contributed by atoms with Gasteiger partial charge in [0.2, 0.25) is 0 Å². The van der Waals surface area contributed by atoms with Crippen LogP contribution in [0, 0.1) is 11.3 Å². The average Bonchev–Trinajstić information content (AvgIpc) is 2.85. The van der Waals surface area contributed by atoms with Gasteiger partial charge in [0.25, 0.3) is 0 Å². The molecule has 0 saturated carbocycles. The van der Waals surface area contributed by atoms with E-state index in [9.17, 15) is 0 Å². The highest BCUT2D eigenvalue weighted by Crippen LogP contribution is 2.25. The Labute approximate surface area is 128 Å². The van der Waals surface area contributed by atoms with E-state index < -0.39 is 0 Å². The summed E-state index contributed by atoms with van der Waals surface area (Å²) in [5, 5.41) is 16.0. The van der Waals surface area contributed by atoms with Crippen molar-refractivity contribution in [3.8, 4) is 6.07 Å². The fraction of sp³-hybridized carbons (Fsp3) is 0.333. The van der Waals surface area contributed by atoms with Gasteiger partial charge in [-0.15, -0.1) is 11.3 Å². The molecule has 0 fully saturated rings. The van der Waals surface area contributed by atoms with Crippen LogP contribution in [0.2, 0.25) is 5.02 Å². The standard InChI is InChI=1S/C15H16ClN3S/c1-15(2,3)13-9-20-14(19-13)8-18-12-6-11(16)5-4-10(12)7-17/h4-6,9,18H,8H2,1-3H3. The van der Waals surface area contributed by atoms with Crippen LogP contribution < -0.4 is 5.32 Å². The summed E-state index contributed by atoms with van der Waals surface area (Å²) in [6.45, 7) is 7.02. The minimum atomic E-state index is 0.0582. The van der Waals surface area contributed by atoms with Crippen molar-refractivity contribution in [2.75, 3.05) is 5.32 Å². The highest BCUT2D eigenvalue weighted by molar-refractivity contribution is 7.09. The second-order valence-electron chi connectivity index (χ2n) is 5.53. The molecule has 5 heteroatoms. The molecule has 0 amide bonds. The molecule has 0 aliphatic heterocycles. The van der Waals surface area contributed by atoms with Crippen LogP contribution >= 0.6 is 22.9 Å².